The quantitative estimate of drug-likeness (QED) is 0.912. The molecule has 1 aromatic rings. The van der Waals surface area contributed by atoms with Gasteiger partial charge in [-0.2, -0.15) is 0 Å². The Balaban J connectivity index is 1.74. The number of likely N-dealkylation sites (tertiary alicyclic amines) is 2. The van der Waals surface area contributed by atoms with E-state index >= 15 is 0 Å². The molecule has 2 heterocycles. The number of aliphatic hydroxyl groups is 1. The van der Waals surface area contributed by atoms with Gasteiger partial charge in [0.1, 0.15) is 11.6 Å². The summed E-state index contributed by atoms with van der Waals surface area (Å²) in [5.41, 5.74) is -0.679. The molecule has 5 nitrogen and oxygen atoms in total. The van der Waals surface area contributed by atoms with Crippen LogP contribution in [0.15, 0.2) is 18.2 Å². The number of nitrogens with zero attached hydrogens (tertiary/aromatic N) is 2. The van der Waals surface area contributed by atoms with Crippen molar-refractivity contribution >= 4 is 5.91 Å². The van der Waals surface area contributed by atoms with E-state index in [1.807, 2.05) is 0 Å². The smallest absolute Gasteiger partial charge is 0.257 e. The number of carbonyl (C=O) groups is 1. The zero-order chi connectivity index (χ0) is 17.2. The number of rotatable bonds is 4. The number of methoxy groups -OCH3 is 1. The van der Waals surface area contributed by atoms with Crippen LogP contribution in [0.5, 0.6) is 5.75 Å². The van der Waals surface area contributed by atoms with E-state index in [9.17, 15) is 14.3 Å². The molecule has 2 fully saturated rings. The molecule has 24 heavy (non-hydrogen) atoms. The van der Waals surface area contributed by atoms with Gasteiger partial charge < -0.3 is 19.6 Å². The Morgan fingerprint density at radius 2 is 2.04 bits per heavy atom. The van der Waals surface area contributed by atoms with Gasteiger partial charge in [-0.1, -0.05) is 0 Å². The topological polar surface area (TPSA) is 53.0 Å². The molecule has 0 aromatic heterocycles. The summed E-state index contributed by atoms with van der Waals surface area (Å²) in [7, 11) is 1.46. The van der Waals surface area contributed by atoms with Crippen LogP contribution in [0.3, 0.4) is 0 Å². The van der Waals surface area contributed by atoms with E-state index in [1.165, 1.54) is 38.2 Å². The molecule has 6 heteroatoms. The Morgan fingerprint density at radius 3 is 2.75 bits per heavy atom. The SMILES string of the molecule is COc1ccc(F)cc1C(=O)N1CCC[C@@](O)(CN2CCCC2)C1. The highest BCUT2D eigenvalue weighted by molar-refractivity contribution is 5.97. The fourth-order valence-electron chi connectivity index (χ4n) is 3.79. The molecule has 0 unspecified atom stereocenters. The van der Waals surface area contributed by atoms with Crippen LogP contribution in [-0.4, -0.2) is 66.2 Å². The van der Waals surface area contributed by atoms with E-state index in [1.54, 1.807) is 4.90 Å². The molecule has 0 spiro atoms. The first kappa shape index (κ1) is 17.2. The molecule has 2 aliphatic rings. The second-order valence-corrected chi connectivity index (χ2v) is 6.88. The second-order valence-electron chi connectivity index (χ2n) is 6.88. The molecular weight excluding hydrogens is 311 g/mol. The number of amides is 1. The third-order valence-electron chi connectivity index (χ3n) is 4.95. The maximum Gasteiger partial charge on any atom is 0.257 e. The zero-order valence-electron chi connectivity index (χ0n) is 14.1. The van der Waals surface area contributed by atoms with Crippen LogP contribution in [0.1, 0.15) is 36.0 Å². The first-order valence-electron chi connectivity index (χ1n) is 8.58. The van der Waals surface area contributed by atoms with E-state index in [0.29, 0.717) is 25.3 Å². The molecule has 0 aliphatic carbocycles. The Labute approximate surface area is 142 Å². The lowest BCUT2D eigenvalue weighted by molar-refractivity contribution is -0.0431. The first-order chi connectivity index (χ1) is 11.5. The van der Waals surface area contributed by atoms with Crippen molar-refractivity contribution in [2.75, 3.05) is 39.8 Å². The Bertz CT molecular complexity index is 604. The number of halogens is 1. The van der Waals surface area contributed by atoms with Gasteiger partial charge in [0.2, 0.25) is 0 Å². The van der Waals surface area contributed by atoms with Crippen LogP contribution in [0, 0.1) is 5.82 Å². The van der Waals surface area contributed by atoms with Crippen molar-refractivity contribution in [3.05, 3.63) is 29.6 Å². The number of ether oxygens (including phenoxy) is 1. The predicted molar refractivity (Wildman–Crippen MR) is 88.7 cm³/mol. The van der Waals surface area contributed by atoms with Crippen molar-refractivity contribution in [1.82, 2.24) is 9.80 Å². The van der Waals surface area contributed by atoms with Gasteiger partial charge in [-0.25, -0.2) is 4.39 Å². The molecule has 0 radical (unpaired) electrons. The molecule has 132 valence electrons. The lowest BCUT2D eigenvalue weighted by Crippen LogP contribution is -2.55. The predicted octanol–water partition coefficient (Wildman–Crippen LogP) is 1.90. The molecule has 0 saturated carbocycles. The largest absolute Gasteiger partial charge is 0.496 e. The summed E-state index contributed by atoms with van der Waals surface area (Å²) in [5.74, 6) is -0.399. The van der Waals surface area contributed by atoms with Gasteiger partial charge in [0.25, 0.3) is 5.91 Å². The molecule has 1 atom stereocenters. The average Bonchev–Trinajstić information content (AvgIpc) is 3.06. The van der Waals surface area contributed by atoms with Gasteiger partial charge in [-0.05, 0) is 57.0 Å². The fraction of sp³-hybridized carbons (Fsp3) is 0.611. The second kappa shape index (κ2) is 7.07. The Morgan fingerprint density at radius 1 is 1.29 bits per heavy atom. The van der Waals surface area contributed by atoms with Gasteiger partial charge in [0.15, 0.2) is 0 Å². The minimum absolute atomic E-state index is 0.211. The van der Waals surface area contributed by atoms with Crippen LogP contribution in [0.25, 0.3) is 0 Å². The van der Waals surface area contributed by atoms with Gasteiger partial charge in [-0.15, -0.1) is 0 Å². The molecular formula is C18H25FN2O3. The summed E-state index contributed by atoms with van der Waals surface area (Å²) < 4.78 is 18.7. The summed E-state index contributed by atoms with van der Waals surface area (Å²) in [6.07, 6.45) is 3.76. The monoisotopic (exact) mass is 336 g/mol. The van der Waals surface area contributed by atoms with Crippen molar-refractivity contribution < 1.29 is 19.0 Å². The summed E-state index contributed by atoms with van der Waals surface area (Å²) in [5, 5.41) is 10.9. The zero-order valence-corrected chi connectivity index (χ0v) is 14.1. The van der Waals surface area contributed by atoms with Crippen LogP contribution in [-0.2, 0) is 0 Å². The highest BCUT2D eigenvalue weighted by Gasteiger charge is 2.38. The maximum absolute atomic E-state index is 13.6. The molecule has 3 rings (SSSR count). The number of hydrogen-bond acceptors (Lipinski definition) is 4. The first-order valence-corrected chi connectivity index (χ1v) is 8.58. The minimum atomic E-state index is -0.890. The van der Waals surface area contributed by atoms with E-state index in [4.69, 9.17) is 4.74 Å². The number of β-amino-alcohol motifs (C(OH)–C–C–N with tert-alkyl or cyclic N) is 1. The van der Waals surface area contributed by atoms with Crippen molar-refractivity contribution in [1.29, 1.82) is 0 Å². The summed E-state index contributed by atoms with van der Waals surface area (Å²) in [6, 6.07) is 3.94. The van der Waals surface area contributed by atoms with Crippen LogP contribution < -0.4 is 4.74 Å². The standard InChI is InChI=1S/C18H25FN2O3/c1-24-16-6-5-14(19)11-15(16)17(22)21-10-4-7-18(23,13-21)12-20-8-2-3-9-20/h5-6,11,23H,2-4,7-10,12-13H2,1H3/t18-/m1/s1. The van der Waals surface area contributed by atoms with Gasteiger partial charge in [0, 0.05) is 13.1 Å². The summed E-state index contributed by atoms with van der Waals surface area (Å²) >= 11 is 0. The lowest BCUT2D eigenvalue weighted by atomic mass is 9.91. The number of piperidine rings is 1. The van der Waals surface area contributed by atoms with E-state index in [2.05, 4.69) is 4.90 Å². The van der Waals surface area contributed by atoms with Crippen molar-refractivity contribution in [3.8, 4) is 5.75 Å². The molecule has 2 aliphatic heterocycles. The fourth-order valence-corrected chi connectivity index (χ4v) is 3.79. The Hall–Kier alpha value is -1.66. The molecule has 1 N–H and O–H groups in total. The highest BCUT2D eigenvalue weighted by atomic mass is 19.1. The maximum atomic E-state index is 13.6. The molecule has 2 saturated heterocycles. The van der Waals surface area contributed by atoms with E-state index < -0.39 is 11.4 Å². The third-order valence-corrected chi connectivity index (χ3v) is 4.95. The minimum Gasteiger partial charge on any atom is -0.496 e. The van der Waals surface area contributed by atoms with Crippen molar-refractivity contribution in [2.45, 2.75) is 31.3 Å². The summed E-state index contributed by atoms with van der Waals surface area (Å²) in [4.78, 5) is 16.7. The Kier molecular flexibility index (Phi) is 5.06. The lowest BCUT2D eigenvalue weighted by Gasteiger charge is -2.41. The number of hydrogen-bond donors (Lipinski definition) is 1. The van der Waals surface area contributed by atoms with Crippen molar-refractivity contribution in [2.24, 2.45) is 0 Å². The van der Waals surface area contributed by atoms with Crippen LogP contribution >= 0.6 is 0 Å². The number of carbonyl (C=O) groups excluding carboxylic acids is 1. The van der Waals surface area contributed by atoms with Crippen LogP contribution in [0.2, 0.25) is 0 Å². The van der Waals surface area contributed by atoms with Gasteiger partial charge in [0.05, 0.1) is 24.8 Å². The average molecular weight is 336 g/mol. The van der Waals surface area contributed by atoms with Gasteiger partial charge >= 0.3 is 0 Å². The molecule has 1 aromatic carbocycles. The van der Waals surface area contributed by atoms with Gasteiger partial charge in [-0.3, -0.25) is 4.79 Å². The molecule has 0 bridgehead atoms. The normalized spacial score (nSPS) is 25.0. The summed E-state index contributed by atoms with van der Waals surface area (Å²) in [6.45, 7) is 3.46. The van der Waals surface area contributed by atoms with Crippen molar-refractivity contribution in [3.63, 3.8) is 0 Å². The van der Waals surface area contributed by atoms with E-state index in [0.717, 1.165) is 19.5 Å². The van der Waals surface area contributed by atoms with E-state index in [-0.39, 0.29) is 18.0 Å². The van der Waals surface area contributed by atoms with Crippen LogP contribution in [0.4, 0.5) is 4.39 Å². The number of benzene rings is 1. The third kappa shape index (κ3) is 3.70. The molecule has 1 amide bonds. The highest BCUT2D eigenvalue weighted by Crippen LogP contribution is 2.27.